The second-order valence-electron chi connectivity index (χ2n) is 4.34. The van der Waals surface area contributed by atoms with E-state index in [1.54, 1.807) is 0 Å². The standard InChI is InChI=1S/C15H19N2/c1-2-14(15-7-4-3-5-8-15)9-6-11-17-12-10-16-13-17/h3-5,7-8,10,12-14H,1-2,6,9,11H2. The van der Waals surface area contributed by atoms with E-state index in [0.717, 1.165) is 13.0 Å². The van der Waals surface area contributed by atoms with Crippen LogP contribution in [0.2, 0.25) is 0 Å². The van der Waals surface area contributed by atoms with E-state index >= 15 is 0 Å². The Morgan fingerprint density at radius 2 is 2.06 bits per heavy atom. The molecule has 0 aliphatic carbocycles. The normalized spacial score (nSPS) is 12.5. The van der Waals surface area contributed by atoms with Crippen LogP contribution < -0.4 is 0 Å². The lowest BCUT2D eigenvalue weighted by atomic mass is 9.92. The first-order chi connectivity index (χ1) is 8.40. The first-order valence-electron chi connectivity index (χ1n) is 6.20. The number of rotatable bonds is 6. The Kier molecular flexibility index (Phi) is 4.37. The topological polar surface area (TPSA) is 17.8 Å². The van der Waals surface area contributed by atoms with E-state index in [0.29, 0.717) is 5.92 Å². The van der Waals surface area contributed by atoms with Gasteiger partial charge in [-0.05, 0) is 30.7 Å². The molecule has 2 heteroatoms. The zero-order valence-electron chi connectivity index (χ0n) is 10.1. The van der Waals surface area contributed by atoms with Crippen molar-refractivity contribution in [2.75, 3.05) is 0 Å². The number of hydrogen-bond acceptors (Lipinski definition) is 1. The molecule has 0 aliphatic rings. The minimum Gasteiger partial charge on any atom is -0.337 e. The minimum absolute atomic E-state index is 0.583. The van der Waals surface area contributed by atoms with Gasteiger partial charge in [0.1, 0.15) is 0 Å². The van der Waals surface area contributed by atoms with Crippen molar-refractivity contribution in [1.29, 1.82) is 0 Å². The smallest absolute Gasteiger partial charge is 0.0945 e. The molecule has 0 fully saturated rings. The van der Waals surface area contributed by atoms with Gasteiger partial charge in [-0.15, -0.1) is 0 Å². The largest absolute Gasteiger partial charge is 0.337 e. The second-order valence-corrected chi connectivity index (χ2v) is 4.34. The van der Waals surface area contributed by atoms with Crippen LogP contribution in [0.3, 0.4) is 0 Å². The maximum Gasteiger partial charge on any atom is 0.0945 e. The minimum atomic E-state index is 0.583. The van der Waals surface area contributed by atoms with Crippen molar-refractivity contribution < 1.29 is 0 Å². The van der Waals surface area contributed by atoms with Crippen molar-refractivity contribution in [1.82, 2.24) is 9.55 Å². The van der Waals surface area contributed by atoms with Gasteiger partial charge in [0.05, 0.1) is 6.33 Å². The van der Waals surface area contributed by atoms with Gasteiger partial charge >= 0.3 is 0 Å². The molecule has 0 bridgehead atoms. The monoisotopic (exact) mass is 227 g/mol. The summed E-state index contributed by atoms with van der Waals surface area (Å²) in [6.45, 7) is 5.10. The molecule has 0 saturated carbocycles. The van der Waals surface area contributed by atoms with Crippen LogP contribution in [0.15, 0.2) is 49.1 Å². The molecule has 0 N–H and O–H groups in total. The Morgan fingerprint density at radius 3 is 2.71 bits per heavy atom. The second kappa shape index (κ2) is 6.24. The van der Waals surface area contributed by atoms with Crippen molar-refractivity contribution >= 4 is 0 Å². The molecular formula is C15H19N2. The summed E-state index contributed by atoms with van der Waals surface area (Å²) in [5, 5.41) is 0. The Labute approximate surface area is 103 Å². The number of nitrogens with zero attached hydrogens (tertiary/aromatic N) is 2. The molecule has 0 spiro atoms. The fraction of sp³-hybridized carbons (Fsp3) is 0.333. The number of hydrogen-bond donors (Lipinski definition) is 0. The van der Waals surface area contributed by atoms with Crippen LogP contribution >= 0.6 is 0 Å². The van der Waals surface area contributed by atoms with Crippen molar-refractivity contribution in [3.63, 3.8) is 0 Å². The Balaban J connectivity index is 1.84. The molecule has 0 amide bonds. The quantitative estimate of drug-likeness (QED) is 0.736. The molecule has 2 rings (SSSR count). The van der Waals surface area contributed by atoms with Crippen LogP contribution in [0.4, 0.5) is 0 Å². The van der Waals surface area contributed by atoms with Crippen LogP contribution in [-0.4, -0.2) is 9.55 Å². The Morgan fingerprint density at radius 1 is 1.24 bits per heavy atom. The van der Waals surface area contributed by atoms with Gasteiger partial charge in [-0.25, -0.2) is 4.98 Å². The summed E-state index contributed by atoms with van der Waals surface area (Å²) in [6, 6.07) is 10.7. The van der Waals surface area contributed by atoms with E-state index in [9.17, 15) is 0 Å². The molecule has 1 unspecified atom stereocenters. The third kappa shape index (κ3) is 3.45. The first-order valence-corrected chi connectivity index (χ1v) is 6.20. The fourth-order valence-corrected chi connectivity index (χ4v) is 2.14. The fourth-order valence-electron chi connectivity index (χ4n) is 2.14. The first kappa shape index (κ1) is 11.9. The number of imidazole rings is 1. The number of aryl methyl sites for hydroxylation is 1. The van der Waals surface area contributed by atoms with E-state index in [1.807, 2.05) is 18.7 Å². The maximum absolute atomic E-state index is 4.06. The molecule has 17 heavy (non-hydrogen) atoms. The van der Waals surface area contributed by atoms with Crippen LogP contribution in [0.25, 0.3) is 0 Å². The summed E-state index contributed by atoms with van der Waals surface area (Å²) in [7, 11) is 0. The van der Waals surface area contributed by atoms with Gasteiger partial charge in [0, 0.05) is 18.9 Å². The molecular weight excluding hydrogens is 208 g/mol. The maximum atomic E-state index is 4.06. The summed E-state index contributed by atoms with van der Waals surface area (Å²) >= 11 is 0. The molecule has 0 saturated heterocycles. The van der Waals surface area contributed by atoms with Gasteiger partial charge in [0.2, 0.25) is 0 Å². The Hall–Kier alpha value is -1.57. The summed E-state index contributed by atoms with van der Waals surface area (Å²) in [5.74, 6) is 0.583. The van der Waals surface area contributed by atoms with E-state index in [2.05, 4.69) is 46.8 Å². The molecule has 1 radical (unpaired) electrons. The molecule has 2 aromatic rings. The predicted molar refractivity (Wildman–Crippen MR) is 70.6 cm³/mol. The van der Waals surface area contributed by atoms with Gasteiger partial charge < -0.3 is 4.57 Å². The average Bonchev–Trinajstić information content (AvgIpc) is 2.89. The highest BCUT2D eigenvalue weighted by molar-refractivity contribution is 5.19. The highest BCUT2D eigenvalue weighted by Gasteiger charge is 2.08. The van der Waals surface area contributed by atoms with Crippen molar-refractivity contribution in [3.05, 3.63) is 61.5 Å². The summed E-state index contributed by atoms with van der Waals surface area (Å²) in [5.41, 5.74) is 1.41. The van der Waals surface area contributed by atoms with Gasteiger partial charge in [0.25, 0.3) is 0 Å². The van der Waals surface area contributed by atoms with E-state index in [1.165, 1.54) is 18.4 Å². The molecule has 89 valence electrons. The van der Waals surface area contributed by atoms with Gasteiger partial charge in [-0.2, -0.15) is 0 Å². The van der Waals surface area contributed by atoms with Gasteiger partial charge in [-0.3, -0.25) is 0 Å². The Bertz CT molecular complexity index is 406. The van der Waals surface area contributed by atoms with Crippen molar-refractivity contribution in [2.24, 2.45) is 0 Å². The number of benzene rings is 1. The van der Waals surface area contributed by atoms with E-state index < -0.39 is 0 Å². The predicted octanol–water partition coefficient (Wildman–Crippen LogP) is 3.67. The molecule has 0 aliphatic heterocycles. The van der Waals surface area contributed by atoms with Crippen molar-refractivity contribution in [3.8, 4) is 0 Å². The number of aromatic nitrogens is 2. The molecule has 1 aromatic heterocycles. The van der Waals surface area contributed by atoms with E-state index in [4.69, 9.17) is 0 Å². The zero-order valence-corrected chi connectivity index (χ0v) is 10.1. The molecule has 2 nitrogen and oxygen atoms in total. The molecule has 1 heterocycles. The SMILES string of the molecule is [CH2]CC(CCCn1ccnc1)c1ccccc1. The lowest BCUT2D eigenvalue weighted by Crippen LogP contribution is -2.01. The third-order valence-corrected chi connectivity index (χ3v) is 3.15. The average molecular weight is 227 g/mol. The summed E-state index contributed by atoms with van der Waals surface area (Å²) in [6.07, 6.45) is 9.05. The third-order valence-electron chi connectivity index (χ3n) is 3.15. The van der Waals surface area contributed by atoms with Gasteiger partial charge in [-0.1, -0.05) is 37.3 Å². The highest BCUT2D eigenvalue weighted by Crippen LogP contribution is 2.24. The molecule has 1 aromatic carbocycles. The van der Waals surface area contributed by atoms with Crippen molar-refractivity contribution in [2.45, 2.75) is 31.7 Å². The van der Waals surface area contributed by atoms with Crippen LogP contribution in [0.1, 0.15) is 30.7 Å². The van der Waals surface area contributed by atoms with Gasteiger partial charge in [0.15, 0.2) is 0 Å². The lowest BCUT2D eigenvalue weighted by Gasteiger charge is -2.15. The lowest BCUT2D eigenvalue weighted by molar-refractivity contribution is 0.541. The summed E-state index contributed by atoms with van der Waals surface area (Å²) < 4.78 is 2.13. The zero-order chi connectivity index (χ0) is 11.9. The van der Waals surface area contributed by atoms with Crippen LogP contribution in [-0.2, 0) is 6.54 Å². The highest BCUT2D eigenvalue weighted by atomic mass is 15.0. The molecule has 1 atom stereocenters. The summed E-state index contributed by atoms with van der Waals surface area (Å²) in [4.78, 5) is 4.05. The van der Waals surface area contributed by atoms with Crippen LogP contribution in [0.5, 0.6) is 0 Å². The van der Waals surface area contributed by atoms with E-state index in [-0.39, 0.29) is 0 Å². The van der Waals surface area contributed by atoms with Crippen LogP contribution in [0, 0.1) is 6.92 Å².